The highest BCUT2D eigenvalue weighted by Gasteiger charge is 2.16. The van der Waals surface area contributed by atoms with E-state index in [1.54, 1.807) is 6.92 Å². The van der Waals surface area contributed by atoms with Gasteiger partial charge >= 0.3 is 0 Å². The van der Waals surface area contributed by atoms with Gasteiger partial charge in [0.15, 0.2) is 0 Å². The quantitative estimate of drug-likeness (QED) is 0.621. The average Bonchev–Trinajstić information content (AvgIpc) is 1.80. The number of Topliss-reactive ketones (excluding diaryl/α,β-unsaturated/α-hetero) is 1. The smallest absolute Gasteiger partial charge is 0.131 e. The van der Waals surface area contributed by atoms with Gasteiger partial charge in [-0.3, -0.25) is 4.79 Å². The van der Waals surface area contributed by atoms with E-state index < -0.39 is 0 Å². The second-order valence-electron chi connectivity index (χ2n) is 4.04. The van der Waals surface area contributed by atoms with Gasteiger partial charge in [0.1, 0.15) is 5.78 Å². The Bertz CT molecular complexity index is 135. The lowest BCUT2D eigenvalue weighted by Gasteiger charge is -2.31. The fourth-order valence-electron chi connectivity index (χ4n) is 0.661. The molecule has 0 saturated carbocycles. The van der Waals surface area contributed by atoms with Crippen molar-refractivity contribution in [1.82, 2.24) is 4.90 Å². The maximum atomic E-state index is 10.6. The Morgan fingerprint density at radius 3 is 2.09 bits per heavy atom. The van der Waals surface area contributed by atoms with Gasteiger partial charge in [-0.15, -0.1) is 0 Å². The van der Waals surface area contributed by atoms with Gasteiger partial charge in [0.2, 0.25) is 0 Å². The number of rotatable bonds is 3. The number of hydrogen-bond acceptors (Lipinski definition) is 2. The number of nitrogens with zero attached hydrogens (tertiary/aromatic N) is 1. The molecule has 0 aromatic carbocycles. The molecule has 0 amide bonds. The summed E-state index contributed by atoms with van der Waals surface area (Å²) >= 11 is 0. The van der Waals surface area contributed by atoms with Crippen molar-refractivity contribution < 1.29 is 4.79 Å². The van der Waals surface area contributed by atoms with Crippen molar-refractivity contribution in [3.8, 4) is 0 Å². The first-order chi connectivity index (χ1) is 4.84. The first kappa shape index (κ1) is 10.6. The molecule has 0 fully saturated rings. The first-order valence-corrected chi connectivity index (χ1v) is 4.04. The summed E-state index contributed by atoms with van der Waals surface area (Å²) in [4.78, 5) is 12.8. The predicted molar refractivity (Wildman–Crippen MR) is 47.7 cm³/mol. The highest BCUT2D eigenvalue weighted by molar-refractivity contribution is 5.75. The van der Waals surface area contributed by atoms with E-state index in [9.17, 15) is 4.79 Å². The molecule has 0 rings (SSSR count). The van der Waals surface area contributed by atoms with E-state index in [0.717, 1.165) is 6.54 Å². The number of carbonyl (C=O) groups excluding carboxylic acids is 1. The maximum Gasteiger partial charge on any atom is 0.131 e. The van der Waals surface area contributed by atoms with Crippen LogP contribution in [0.2, 0.25) is 0 Å². The molecule has 0 atom stereocenters. The molecular weight excluding hydrogens is 138 g/mol. The molecule has 2 heteroatoms. The molecule has 0 aromatic heterocycles. The van der Waals surface area contributed by atoms with Crippen LogP contribution in [0.4, 0.5) is 0 Å². The summed E-state index contributed by atoms with van der Waals surface area (Å²) in [6.07, 6.45) is 0.660. The minimum absolute atomic E-state index is 0.176. The van der Waals surface area contributed by atoms with Crippen molar-refractivity contribution in [3.63, 3.8) is 0 Å². The van der Waals surface area contributed by atoms with Gasteiger partial charge in [-0.2, -0.15) is 0 Å². The second kappa shape index (κ2) is 3.86. The summed E-state index contributed by atoms with van der Waals surface area (Å²) in [5.41, 5.74) is 0.176. The summed E-state index contributed by atoms with van der Waals surface area (Å²) in [6.45, 7) is 8.93. The molecule has 0 aliphatic rings. The van der Waals surface area contributed by atoms with Crippen LogP contribution in [0.1, 0.15) is 34.1 Å². The lowest BCUT2D eigenvalue weighted by Crippen LogP contribution is -2.39. The van der Waals surface area contributed by atoms with Crippen molar-refractivity contribution in [3.05, 3.63) is 0 Å². The number of ketones is 1. The van der Waals surface area contributed by atoms with Crippen LogP contribution in [0, 0.1) is 0 Å². The molecule has 0 radical (unpaired) electrons. The van der Waals surface area contributed by atoms with Crippen molar-refractivity contribution in [1.29, 1.82) is 0 Å². The van der Waals surface area contributed by atoms with Gasteiger partial charge in [0.25, 0.3) is 0 Å². The predicted octanol–water partition coefficient (Wildman–Crippen LogP) is 1.70. The van der Waals surface area contributed by atoms with Crippen molar-refractivity contribution in [2.75, 3.05) is 13.6 Å². The summed E-state index contributed by atoms with van der Waals surface area (Å²) in [5, 5.41) is 0. The topological polar surface area (TPSA) is 20.3 Å². The lowest BCUT2D eigenvalue weighted by atomic mass is 10.1. The molecule has 2 nitrogen and oxygen atoms in total. The Morgan fingerprint density at radius 1 is 1.36 bits per heavy atom. The van der Waals surface area contributed by atoms with Gasteiger partial charge in [0.05, 0.1) is 0 Å². The minimum atomic E-state index is 0.176. The van der Waals surface area contributed by atoms with Crippen LogP contribution in [0.5, 0.6) is 0 Å². The Hall–Kier alpha value is -0.370. The van der Waals surface area contributed by atoms with Crippen LogP contribution in [0.25, 0.3) is 0 Å². The van der Waals surface area contributed by atoms with E-state index in [1.165, 1.54) is 0 Å². The third kappa shape index (κ3) is 4.96. The molecule has 0 aliphatic heterocycles. The molecule has 0 heterocycles. The Balaban J connectivity index is 3.70. The highest BCUT2D eigenvalue weighted by atomic mass is 16.1. The van der Waals surface area contributed by atoms with Crippen LogP contribution in [-0.4, -0.2) is 29.8 Å². The van der Waals surface area contributed by atoms with E-state index in [0.29, 0.717) is 6.42 Å². The van der Waals surface area contributed by atoms with Gasteiger partial charge in [-0.1, -0.05) is 0 Å². The van der Waals surface area contributed by atoms with Gasteiger partial charge in [-0.25, -0.2) is 0 Å². The zero-order valence-electron chi connectivity index (χ0n) is 8.27. The van der Waals surface area contributed by atoms with Crippen LogP contribution in [-0.2, 0) is 4.79 Å². The molecule has 0 aromatic rings. The lowest BCUT2D eigenvalue weighted by molar-refractivity contribution is -0.117. The standard InChI is InChI=1S/C9H19NO/c1-8(11)6-7-10(5)9(2,3)4/h6-7H2,1-5H3. The Kier molecular flexibility index (Phi) is 3.73. The Labute approximate surface area is 69.6 Å². The van der Waals surface area contributed by atoms with E-state index in [2.05, 4.69) is 25.7 Å². The molecule has 66 valence electrons. The molecule has 0 unspecified atom stereocenters. The fourth-order valence-corrected chi connectivity index (χ4v) is 0.661. The highest BCUT2D eigenvalue weighted by Crippen LogP contribution is 2.10. The van der Waals surface area contributed by atoms with Crippen LogP contribution in [0.15, 0.2) is 0 Å². The SMILES string of the molecule is CC(=O)CCN(C)C(C)(C)C. The summed E-state index contributed by atoms with van der Waals surface area (Å²) < 4.78 is 0. The summed E-state index contributed by atoms with van der Waals surface area (Å²) in [7, 11) is 2.04. The molecule has 0 N–H and O–H groups in total. The van der Waals surface area contributed by atoms with Crippen LogP contribution >= 0.6 is 0 Å². The third-order valence-corrected chi connectivity index (χ3v) is 1.94. The molecule has 0 spiro atoms. The minimum Gasteiger partial charge on any atom is -0.301 e. The molecule has 0 bridgehead atoms. The zero-order valence-corrected chi connectivity index (χ0v) is 8.27. The largest absolute Gasteiger partial charge is 0.301 e. The average molecular weight is 157 g/mol. The van der Waals surface area contributed by atoms with E-state index >= 15 is 0 Å². The second-order valence-corrected chi connectivity index (χ2v) is 4.04. The monoisotopic (exact) mass is 157 g/mol. The van der Waals surface area contributed by atoms with Crippen molar-refractivity contribution >= 4 is 5.78 Å². The Morgan fingerprint density at radius 2 is 1.82 bits per heavy atom. The molecular formula is C9H19NO. The zero-order chi connectivity index (χ0) is 9.07. The maximum absolute atomic E-state index is 10.6. The molecule has 11 heavy (non-hydrogen) atoms. The number of hydrogen-bond donors (Lipinski definition) is 0. The summed E-state index contributed by atoms with van der Waals surface area (Å²) in [6, 6.07) is 0. The summed E-state index contributed by atoms with van der Waals surface area (Å²) in [5.74, 6) is 0.265. The van der Waals surface area contributed by atoms with E-state index in [-0.39, 0.29) is 11.3 Å². The first-order valence-electron chi connectivity index (χ1n) is 4.04. The fraction of sp³-hybridized carbons (Fsp3) is 0.889. The third-order valence-electron chi connectivity index (χ3n) is 1.94. The van der Waals surface area contributed by atoms with Crippen molar-refractivity contribution in [2.45, 2.75) is 39.7 Å². The van der Waals surface area contributed by atoms with Gasteiger partial charge in [-0.05, 0) is 34.7 Å². The van der Waals surface area contributed by atoms with Crippen LogP contribution in [0.3, 0.4) is 0 Å². The van der Waals surface area contributed by atoms with Crippen LogP contribution < -0.4 is 0 Å². The van der Waals surface area contributed by atoms with E-state index in [4.69, 9.17) is 0 Å². The normalized spacial score (nSPS) is 12.2. The number of carbonyl (C=O) groups is 1. The van der Waals surface area contributed by atoms with Gasteiger partial charge in [0, 0.05) is 18.5 Å². The van der Waals surface area contributed by atoms with Gasteiger partial charge < -0.3 is 4.90 Å². The molecule has 0 aliphatic carbocycles. The molecule has 0 saturated heterocycles. The van der Waals surface area contributed by atoms with E-state index in [1.807, 2.05) is 7.05 Å². The van der Waals surface area contributed by atoms with Crippen molar-refractivity contribution in [2.24, 2.45) is 0 Å².